The Kier molecular flexibility index (Phi) is 2.56. The highest BCUT2D eigenvalue weighted by molar-refractivity contribution is 7.85. The first-order valence-corrected chi connectivity index (χ1v) is 6.24. The van der Waals surface area contributed by atoms with Crippen molar-refractivity contribution in [3.63, 3.8) is 0 Å². The van der Waals surface area contributed by atoms with Crippen LogP contribution in [0.5, 0.6) is 0 Å². The van der Waals surface area contributed by atoms with Crippen LogP contribution in [-0.4, -0.2) is 0 Å². The van der Waals surface area contributed by atoms with Crippen molar-refractivity contribution in [1.29, 1.82) is 0 Å². The van der Waals surface area contributed by atoms with E-state index in [-0.39, 0.29) is 0 Å². The fourth-order valence-electron chi connectivity index (χ4n) is 1.09. The van der Waals surface area contributed by atoms with Crippen LogP contribution in [0.3, 0.4) is 0 Å². The van der Waals surface area contributed by atoms with Crippen molar-refractivity contribution in [1.82, 2.24) is 5.09 Å². The molecule has 3 heteroatoms. The molecule has 0 saturated carbocycles. The second-order valence-corrected chi connectivity index (χ2v) is 4.91. The Morgan fingerprint density at radius 3 is 2.67 bits per heavy atom. The summed E-state index contributed by atoms with van der Waals surface area (Å²) in [5.41, 5.74) is 1.38. The molecule has 0 bridgehead atoms. The molecule has 1 nitrogen and oxygen atoms in total. The molecule has 1 aliphatic rings. The molecule has 0 fully saturated rings. The molecule has 0 spiro atoms. The average molecular weight is 192 g/mol. The van der Waals surface area contributed by atoms with Crippen molar-refractivity contribution in [2.75, 3.05) is 0 Å². The topological polar surface area (TPSA) is 14.1 Å². The van der Waals surface area contributed by atoms with E-state index in [4.69, 9.17) is 0 Å². The lowest BCUT2D eigenvalue weighted by Crippen LogP contribution is -1.83. The third-order valence-corrected chi connectivity index (χ3v) is 3.85. The van der Waals surface area contributed by atoms with Crippen LogP contribution < -0.4 is 5.09 Å². The average Bonchev–Trinajstić information content (AvgIpc) is 2.59. The van der Waals surface area contributed by atoms with E-state index in [0.717, 1.165) is 6.42 Å². The first kappa shape index (κ1) is 7.98. The van der Waals surface area contributed by atoms with Crippen molar-refractivity contribution in [3.8, 4) is 0 Å². The van der Waals surface area contributed by atoms with Gasteiger partial charge in [-0.25, -0.2) is 5.09 Å². The molecular formula is C9H8NP2. The second kappa shape index (κ2) is 3.85. The number of rotatable bonds is 2. The van der Waals surface area contributed by atoms with Gasteiger partial charge in [0.2, 0.25) is 0 Å². The minimum atomic E-state index is 1.05. The Balaban J connectivity index is 2.09. The monoisotopic (exact) mass is 192 g/mol. The van der Waals surface area contributed by atoms with E-state index in [1.54, 1.807) is 0 Å². The van der Waals surface area contributed by atoms with Gasteiger partial charge in [-0.15, -0.1) is 0 Å². The molecule has 1 heterocycles. The number of hydrogen-bond donors (Lipinski definition) is 0. The SMILES string of the molecule is C1=C(Cc2ccccc2)P=P[N]1. The zero-order chi connectivity index (χ0) is 8.23. The van der Waals surface area contributed by atoms with Gasteiger partial charge in [0.15, 0.2) is 0 Å². The van der Waals surface area contributed by atoms with Crippen LogP contribution in [0.4, 0.5) is 0 Å². The second-order valence-electron chi connectivity index (χ2n) is 2.59. The highest BCUT2D eigenvalue weighted by Crippen LogP contribution is 2.32. The number of benzene rings is 1. The zero-order valence-electron chi connectivity index (χ0n) is 6.51. The predicted molar refractivity (Wildman–Crippen MR) is 54.2 cm³/mol. The summed E-state index contributed by atoms with van der Waals surface area (Å²) >= 11 is 0. The Morgan fingerprint density at radius 2 is 2.00 bits per heavy atom. The first-order valence-electron chi connectivity index (χ1n) is 3.79. The Labute approximate surface area is 75.4 Å². The van der Waals surface area contributed by atoms with Crippen molar-refractivity contribution in [3.05, 3.63) is 47.4 Å². The molecule has 0 atom stereocenters. The van der Waals surface area contributed by atoms with E-state index in [0.29, 0.717) is 0 Å². The van der Waals surface area contributed by atoms with Crippen LogP contribution in [0, 0.1) is 0 Å². The number of nitrogens with zero attached hydrogens (tertiary/aromatic N) is 1. The maximum absolute atomic E-state index is 4.16. The third kappa shape index (κ3) is 1.94. The minimum absolute atomic E-state index is 1.05. The molecule has 0 aliphatic carbocycles. The van der Waals surface area contributed by atoms with Crippen molar-refractivity contribution in [2.45, 2.75) is 6.42 Å². The maximum atomic E-state index is 4.16. The molecule has 0 aromatic heterocycles. The lowest BCUT2D eigenvalue weighted by molar-refractivity contribution is 1.22. The lowest BCUT2D eigenvalue weighted by Gasteiger charge is -1.97. The van der Waals surface area contributed by atoms with Gasteiger partial charge in [0.05, 0.1) is 8.02 Å². The van der Waals surface area contributed by atoms with Gasteiger partial charge in [-0.2, -0.15) is 0 Å². The Bertz CT molecular complexity index is 317. The molecule has 0 saturated heterocycles. The summed E-state index contributed by atoms with van der Waals surface area (Å²) in [6.07, 6.45) is 3.05. The number of hydrogen-bond acceptors (Lipinski definition) is 0. The van der Waals surface area contributed by atoms with E-state index < -0.39 is 0 Å². The summed E-state index contributed by atoms with van der Waals surface area (Å²) in [5.74, 6) is 0. The quantitative estimate of drug-likeness (QED) is 0.637. The minimum Gasteiger partial charge on any atom is -0.230 e. The van der Waals surface area contributed by atoms with Gasteiger partial charge in [-0.05, 0) is 13.4 Å². The number of allylic oxidation sites excluding steroid dienone is 1. The molecule has 1 aliphatic heterocycles. The summed E-state index contributed by atoms with van der Waals surface area (Å²) in [6, 6.07) is 10.5. The molecule has 1 radical (unpaired) electrons. The lowest BCUT2D eigenvalue weighted by atomic mass is 10.1. The molecule has 12 heavy (non-hydrogen) atoms. The van der Waals surface area contributed by atoms with E-state index in [2.05, 4.69) is 29.4 Å². The van der Waals surface area contributed by atoms with Gasteiger partial charge in [-0.3, -0.25) is 0 Å². The first-order chi connectivity index (χ1) is 5.95. The van der Waals surface area contributed by atoms with Crippen LogP contribution in [0.2, 0.25) is 0 Å². The molecule has 2 rings (SSSR count). The van der Waals surface area contributed by atoms with Crippen molar-refractivity contribution < 1.29 is 0 Å². The molecule has 1 aromatic rings. The van der Waals surface area contributed by atoms with Crippen LogP contribution in [-0.2, 0) is 6.42 Å². The fourth-order valence-corrected chi connectivity index (χ4v) is 2.92. The summed E-state index contributed by atoms with van der Waals surface area (Å²) < 4.78 is 0. The molecule has 1 aromatic carbocycles. The molecular weight excluding hydrogens is 184 g/mol. The van der Waals surface area contributed by atoms with Crippen LogP contribution in [0.25, 0.3) is 0 Å². The summed E-state index contributed by atoms with van der Waals surface area (Å²) in [6.45, 7) is 0. The largest absolute Gasteiger partial charge is 0.230 e. The Morgan fingerprint density at radius 1 is 1.17 bits per heavy atom. The van der Waals surface area contributed by atoms with E-state index in [9.17, 15) is 0 Å². The summed E-state index contributed by atoms with van der Waals surface area (Å²) in [5, 5.41) is 5.58. The van der Waals surface area contributed by atoms with E-state index in [1.807, 2.05) is 12.3 Å². The van der Waals surface area contributed by atoms with Gasteiger partial charge in [0.25, 0.3) is 0 Å². The smallest absolute Gasteiger partial charge is 0.0696 e. The normalized spacial score (nSPS) is 16.8. The van der Waals surface area contributed by atoms with Gasteiger partial charge >= 0.3 is 0 Å². The van der Waals surface area contributed by atoms with Crippen molar-refractivity contribution in [2.24, 2.45) is 0 Å². The predicted octanol–water partition coefficient (Wildman–Crippen LogP) is 3.41. The van der Waals surface area contributed by atoms with E-state index >= 15 is 0 Å². The van der Waals surface area contributed by atoms with E-state index in [1.165, 1.54) is 26.8 Å². The molecule has 0 N–H and O–H groups in total. The fraction of sp³-hybridized carbons (Fsp3) is 0.111. The van der Waals surface area contributed by atoms with Crippen LogP contribution in [0.1, 0.15) is 5.56 Å². The maximum Gasteiger partial charge on any atom is 0.0696 e. The molecule has 59 valence electrons. The van der Waals surface area contributed by atoms with Gasteiger partial charge < -0.3 is 0 Å². The zero-order valence-corrected chi connectivity index (χ0v) is 8.30. The van der Waals surface area contributed by atoms with Gasteiger partial charge in [0.1, 0.15) is 0 Å². The third-order valence-electron chi connectivity index (χ3n) is 1.66. The van der Waals surface area contributed by atoms with Crippen molar-refractivity contribution >= 4 is 15.9 Å². The summed E-state index contributed by atoms with van der Waals surface area (Å²) in [7, 11) is 2.52. The Hall–Kier alpha value is -0.640. The van der Waals surface area contributed by atoms with Crippen LogP contribution in [0.15, 0.2) is 41.8 Å². The summed E-state index contributed by atoms with van der Waals surface area (Å²) in [4.78, 5) is 0. The van der Waals surface area contributed by atoms with Gasteiger partial charge in [0, 0.05) is 17.9 Å². The van der Waals surface area contributed by atoms with Crippen LogP contribution >= 0.6 is 15.9 Å². The molecule has 0 unspecified atom stereocenters. The van der Waals surface area contributed by atoms with Gasteiger partial charge in [-0.1, -0.05) is 30.3 Å². The standard InChI is InChI=1S/C9H8NP2/c1-2-4-8(5-3-1)6-9-7-10-12-11-9/h1-5,7H,6H2. The highest BCUT2D eigenvalue weighted by Gasteiger charge is 2.00. The molecule has 0 amide bonds. The highest BCUT2D eigenvalue weighted by atomic mass is 31.7.